The van der Waals surface area contributed by atoms with Gasteiger partial charge in [0.25, 0.3) is 0 Å². The molecule has 0 aromatic heterocycles. The van der Waals surface area contributed by atoms with E-state index in [1.54, 1.807) is 48.5 Å². The van der Waals surface area contributed by atoms with Crippen LogP contribution in [0.3, 0.4) is 0 Å². The maximum atomic E-state index is 12.0. The maximum Gasteiger partial charge on any atom is 0.336 e. The average Bonchev–Trinajstić information content (AvgIpc) is 2.68. The number of carbonyl (C=O) groups excluding carboxylic acids is 1. The second-order valence-electron chi connectivity index (χ2n) is 5.63. The lowest BCUT2D eigenvalue weighted by molar-refractivity contribution is -0.128. The molecule has 5 heteroatoms. The van der Waals surface area contributed by atoms with E-state index in [0.717, 1.165) is 11.1 Å². The van der Waals surface area contributed by atoms with Gasteiger partial charge in [-0.2, -0.15) is 5.26 Å². The van der Waals surface area contributed by atoms with Crippen molar-refractivity contribution in [2.45, 2.75) is 0 Å². The van der Waals surface area contributed by atoms with Crippen LogP contribution >= 0.6 is 23.2 Å². The molecule has 0 saturated heterocycles. The molecule has 0 aliphatic rings. The van der Waals surface area contributed by atoms with Gasteiger partial charge in [-0.3, -0.25) is 0 Å². The van der Waals surface area contributed by atoms with Crippen LogP contribution in [0, 0.1) is 11.3 Å². The van der Waals surface area contributed by atoms with E-state index in [-0.39, 0.29) is 0 Å². The SMILES string of the molecule is N#Cc1ccc(-c2ccc(OC(=O)C=Cc3ccc(Cl)cc3Cl)cc2)cc1. The molecule has 3 aromatic rings. The molecule has 3 aromatic carbocycles. The van der Waals surface area contributed by atoms with Crippen molar-refractivity contribution >= 4 is 35.2 Å². The number of nitriles is 1. The predicted octanol–water partition coefficient (Wildman–Crippen LogP) is 6.15. The maximum absolute atomic E-state index is 12.0. The van der Waals surface area contributed by atoms with Crippen molar-refractivity contribution in [3.8, 4) is 22.9 Å². The number of rotatable bonds is 4. The van der Waals surface area contributed by atoms with Gasteiger partial charge in [-0.25, -0.2) is 4.79 Å². The highest BCUT2D eigenvalue weighted by Crippen LogP contribution is 2.24. The van der Waals surface area contributed by atoms with Crippen LogP contribution < -0.4 is 4.74 Å². The minimum absolute atomic E-state index is 0.434. The third-order valence-electron chi connectivity index (χ3n) is 3.78. The Morgan fingerprint density at radius 3 is 2.15 bits per heavy atom. The zero-order valence-corrected chi connectivity index (χ0v) is 15.5. The van der Waals surface area contributed by atoms with Crippen molar-refractivity contribution < 1.29 is 9.53 Å². The number of carbonyl (C=O) groups is 1. The molecule has 0 aliphatic heterocycles. The summed E-state index contributed by atoms with van der Waals surface area (Å²) in [6.45, 7) is 0. The summed E-state index contributed by atoms with van der Waals surface area (Å²) in [6, 6.07) is 21.5. The van der Waals surface area contributed by atoms with Gasteiger partial charge in [0, 0.05) is 16.1 Å². The Bertz CT molecular complexity index is 1030. The smallest absolute Gasteiger partial charge is 0.336 e. The number of hydrogen-bond acceptors (Lipinski definition) is 3. The molecule has 132 valence electrons. The first-order chi connectivity index (χ1) is 13.0. The molecule has 0 bridgehead atoms. The fraction of sp³-hybridized carbons (Fsp3) is 0. The molecule has 0 fully saturated rings. The molecular weight excluding hydrogens is 381 g/mol. The molecule has 0 radical (unpaired) electrons. The minimum Gasteiger partial charge on any atom is -0.423 e. The minimum atomic E-state index is -0.507. The van der Waals surface area contributed by atoms with Crippen molar-refractivity contribution in [3.05, 3.63) is 94.0 Å². The lowest BCUT2D eigenvalue weighted by Crippen LogP contribution is -2.03. The number of nitrogens with zero attached hydrogens (tertiary/aromatic N) is 1. The number of benzene rings is 3. The summed E-state index contributed by atoms with van der Waals surface area (Å²) < 4.78 is 5.29. The molecule has 3 nitrogen and oxygen atoms in total. The molecule has 0 N–H and O–H groups in total. The molecule has 0 unspecified atom stereocenters. The van der Waals surface area contributed by atoms with E-state index >= 15 is 0 Å². The van der Waals surface area contributed by atoms with Gasteiger partial charge < -0.3 is 4.74 Å². The molecule has 0 amide bonds. The Balaban J connectivity index is 1.66. The van der Waals surface area contributed by atoms with Crippen molar-refractivity contribution in [2.24, 2.45) is 0 Å². The molecular formula is C22H13Cl2NO2. The molecule has 3 rings (SSSR count). The highest BCUT2D eigenvalue weighted by Gasteiger charge is 2.04. The molecule has 0 saturated carbocycles. The lowest BCUT2D eigenvalue weighted by Gasteiger charge is -2.05. The van der Waals surface area contributed by atoms with Gasteiger partial charge in [-0.15, -0.1) is 0 Å². The third kappa shape index (κ3) is 4.98. The van der Waals surface area contributed by atoms with Crippen LogP contribution in [0.4, 0.5) is 0 Å². The largest absolute Gasteiger partial charge is 0.423 e. The number of halogens is 2. The van der Waals surface area contributed by atoms with E-state index in [1.165, 1.54) is 6.08 Å². The van der Waals surface area contributed by atoms with Gasteiger partial charge in [0.2, 0.25) is 0 Å². The van der Waals surface area contributed by atoms with Crippen LogP contribution in [-0.2, 0) is 4.79 Å². The predicted molar refractivity (Wildman–Crippen MR) is 108 cm³/mol. The summed E-state index contributed by atoms with van der Waals surface area (Å²) in [4.78, 5) is 12.0. The van der Waals surface area contributed by atoms with Crippen LogP contribution in [0.15, 0.2) is 72.8 Å². The van der Waals surface area contributed by atoms with E-state index in [1.807, 2.05) is 24.3 Å². The Morgan fingerprint density at radius 2 is 1.56 bits per heavy atom. The zero-order valence-electron chi connectivity index (χ0n) is 14.0. The van der Waals surface area contributed by atoms with E-state index in [4.69, 9.17) is 33.2 Å². The summed E-state index contributed by atoms with van der Waals surface area (Å²) in [5.74, 6) is -0.0728. The van der Waals surface area contributed by atoms with Crippen molar-refractivity contribution in [3.63, 3.8) is 0 Å². The molecule has 0 aliphatic carbocycles. The zero-order chi connectivity index (χ0) is 19.2. The van der Waals surface area contributed by atoms with Crippen LogP contribution in [0.1, 0.15) is 11.1 Å². The van der Waals surface area contributed by atoms with E-state index < -0.39 is 5.97 Å². The van der Waals surface area contributed by atoms with Crippen molar-refractivity contribution in [1.29, 1.82) is 5.26 Å². The highest BCUT2D eigenvalue weighted by molar-refractivity contribution is 6.35. The van der Waals surface area contributed by atoms with Gasteiger partial charge in [0.1, 0.15) is 5.75 Å². The summed E-state index contributed by atoms with van der Waals surface area (Å²) in [6.07, 6.45) is 2.88. The van der Waals surface area contributed by atoms with Crippen LogP contribution in [-0.4, -0.2) is 5.97 Å². The fourth-order valence-corrected chi connectivity index (χ4v) is 2.87. The summed E-state index contributed by atoms with van der Waals surface area (Å²) in [7, 11) is 0. The monoisotopic (exact) mass is 393 g/mol. The summed E-state index contributed by atoms with van der Waals surface area (Å²) >= 11 is 11.9. The van der Waals surface area contributed by atoms with Crippen molar-refractivity contribution in [1.82, 2.24) is 0 Å². The Kier molecular flexibility index (Phi) is 5.93. The Labute approximate surface area is 167 Å². The van der Waals surface area contributed by atoms with Crippen LogP contribution in [0.2, 0.25) is 10.0 Å². The number of esters is 1. The quantitative estimate of drug-likeness (QED) is 0.303. The van der Waals surface area contributed by atoms with E-state index in [2.05, 4.69) is 6.07 Å². The van der Waals surface area contributed by atoms with Crippen LogP contribution in [0.5, 0.6) is 5.75 Å². The van der Waals surface area contributed by atoms with Gasteiger partial charge in [0.05, 0.1) is 11.6 Å². The lowest BCUT2D eigenvalue weighted by atomic mass is 10.0. The van der Waals surface area contributed by atoms with E-state index in [0.29, 0.717) is 26.9 Å². The first-order valence-electron chi connectivity index (χ1n) is 8.01. The normalized spacial score (nSPS) is 10.6. The summed E-state index contributed by atoms with van der Waals surface area (Å²) in [5, 5.41) is 9.83. The van der Waals surface area contributed by atoms with Gasteiger partial charge in [0.15, 0.2) is 0 Å². The first-order valence-corrected chi connectivity index (χ1v) is 8.76. The second-order valence-corrected chi connectivity index (χ2v) is 6.48. The molecule has 0 spiro atoms. The molecule has 27 heavy (non-hydrogen) atoms. The first kappa shape index (κ1) is 18.7. The molecule has 0 heterocycles. The highest BCUT2D eigenvalue weighted by atomic mass is 35.5. The van der Waals surface area contributed by atoms with Crippen molar-refractivity contribution in [2.75, 3.05) is 0 Å². The fourth-order valence-electron chi connectivity index (χ4n) is 2.40. The second kappa shape index (κ2) is 8.55. The standard InChI is InChI=1S/C22H13Cl2NO2/c23-19-9-5-18(21(24)13-19)8-12-22(26)27-20-10-6-17(7-11-20)16-3-1-15(14-25)2-4-16/h1-13H. The Hall–Kier alpha value is -3.06. The topological polar surface area (TPSA) is 50.1 Å². The Morgan fingerprint density at radius 1 is 0.926 bits per heavy atom. The van der Waals surface area contributed by atoms with Gasteiger partial charge >= 0.3 is 5.97 Å². The number of ether oxygens (including phenoxy) is 1. The summed E-state index contributed by atoms with van der Waals surface area (Å²) in [5.41, 5.74) is 3.22. The molecule has 0 atom stereocenters. The van der Waals surface area contributed by atoms with E-state index in [9.17, 15) is 4.79 Å². The third-order valence-corrected chi connectivity index (χ3v) is 4.34. The number of hydrogen-bond donors (Lipinski definition) is 0. The average molecular weight is 394 g/mol. The van der Waals surface area contributed by atoms with Gasteiger partial charge in [-0.05, 0) is 59.2 Å². The van der Waals surface area contributed by atoms with Gasteiger partial charge in [-0.1, -0.05) is 53.5 Å². The van der Waals surface area contributed by atoms with Crippen LogP contribution in [0.25, 0.3) is 17.2 Å².